The first-order chi connectivity index (χ1) is 8.70. The highest BCUT2D eigenvalue weighted by molar-refractivity contribution is 7.59. The first kappa shape index (κ1) is 16.5. The first-order valence-corrected chi connectivity index (χ1v) is 10.0. The Morgan fingerprint density at radius 2 is 1.61 bits per heavy atom. The molecule has 0 aromatic rings. The molecule has 0 aromatic carbocycles. The van der Waals surface area contributed by atoms with Crippen molar-refractivity contribution in [3.05, 3.63) is 0 Å². The van der Waals surface area contributed by atoms with Crippen molar-refractivity contribution in [3.8, 4) is 0 Å². The summed E-state index contributed by atoms with van der Waals surface area (Å²) >= 11 is 0. The normalized spacial score (nSPS) is 22.7. The van der Waals surface area contributed by atoms with E-state index in [1.54, 1.807) is 12.8 Å². The van der Waals surface area contributed by atoms with E-state index in [9.17, 15) is 0 Å². The average molecular weight is 270 g/mol. The Labute approximate surface area is 117 Å². The van der Waals surface area contributed by atoms with Crippen molar-refractivity contribution in [2.45, 2.75) is 109 Å². The molecule has 0 saturated heterocycles. The molecule has 0 heterocycles. The minimum atomic E-state index is 0.282. The monoisotopic (exact) mass is 270 g/mol. The van der Waals surface area contributed by atoms with Crippen molar-refractivity contribution in [2.24, 2.45) is 0 Å². The van der Waals surface area contributed by atoms with E-state index in [4.69, 9.17) is 0 Å². The Morgan fingerprint density at radius 3 is 2.17 bits per heavy atom. The van der Waals surface area contributed by atoms with Crippen molar-refractivity contribution in [3.63, 3.8) is 0 Å². The van der Waals surface area contributed by atoms with Crippen LogP contribution in [0.2, 0.25) is 0 Å². The summed E-state index contributed by atoms with van der Waals surface area (Å²) < 4.78 is 0. The molecule has 0 nitrogen and oxygen atoms in total. The van der Waals surface area contributed by atoms with Gasteiger partial charge in [0, 0.05) is 0 Å². The van der Waals surface area contributed by atoms with E-state index >= 15 is 0 Å². The Hall–Kier alpha value is 0.430. The van der Waals surface area contributed by atoms with Crippen LogP contribution >= 0.6 is 7.92 Å². The highest BCUT2D eigenvalue weighted by Crippen LogP contribution is 2.57. The molecule has 1 rings (SSSR count). The molecule has 1 aliphatic rings. The molecular formula is C17H35P. The van der Waals surface area contributed by atoms with Gasteiger partial charge in [0.25, 0.3) is 0 Å². The zero-order valence-corrected chi connectivity index (χ0v) is 14.1. The molecule has 0 aromatic heterocycles. The standard InChI is InChI=1S/C17H35P/c1-5-7-9-12-16(4)18(15(3)6-2)17-13-10-8-11-14-17/h15-17H,5-14H2,1-4H3. The molecule has 1 heteroatoms. The SMILES string of the molecule is CCCCCC(C)P(C(C)CC)C1CCCCC1. The lowest BCUT2D eigenvalue weighted by atomic mass is 10.0. The summed E-state index contributed by atoms with van der Waals surface area (Å²) in [5.74, 6) is 0. The van der Waals surface area contributed by atoms with E-state index in [2.05, 4.69) is 27.7 Å². The predicted octanol–water partition coefficient (Wildman–Crippen LogP) is 6.57. The average Bonchev–Trinajstić information content (AvgIpc) is 2.40. The quantitative estimate of drug-likeness (QED) is 0.346. The number of hydrogen-bond donors (Lipinski definition) is 0. The fourth-order valence-electron chi connectivity index (χ4n) is 3.58. The van der Waals surface area contributed by atoms with Crippen LogP contribution in [0.4, 0.5) is 0 Å². The van der Waals surface area contributed by atoms with Gasteiger partial charge in [0.05, 0.1) is 0 Å². The van der Waals surface area contributed by atoms with Crippen LogP contribution < -0.4 is 0 Å². The summed E-state index contributed by atoms with van der Waals surface area (Å²) in [6, 6.07) is 0. The molecule has 0 amide bonds. The van der Waals surface area contributed by atoms with Crippen LogP contribution in [0.5, 0.6) is 0 Å². The highest BCUT2D eigenvalue weighted by atomic mass is 31.1. The smallest absolute Gasteiger partial charge is 0.0204 e. The molecule has 3 atom stereocenters. The second kappa shape index (κ2) is 9.35. The summed E-state index contributed by atoms with van der Waals surface area (Å²) in [7, 11) is 0.282. The van der Waals surface area contributed by atoms with E-state index in [0.717, 1.165) is 17.0 Å². The Balaban J connectivity index is 2.52. The second-order valence-corrected chi connectivity index (χ2v) is 9.73. The van der Waals surface area contributed by atoms with E-state index in [0.29, 0.717) is 0 Å². The van der Waals surface area contributed by atoms with Gasteiger partial charge in [0.15, 0.2) is 0 Å². The summed E-state index contributed by atoms with van der Waals surface area (Å²) in [6.45, 7) is 9.84. The van der Waals surface area contributed by atoms with Gasteiger partial charge < -0.3 is 0 Å². The van der Waals surface area contributed by atoms with Gasteiger partial charge in [0.1, 0.15) is 0 Å². The fraction of sp³-hybridized carbons (Fsp3) is 1.00. The van der Waals surface area contributed by atoms with Crippen molar-refractivity contribution < 1.29 is 0 Å². The molecule has 18 heavy (non-hydrogen) atoms. The largest absolute Gasteiger partial charge is 0.0977 e. The van der Waals surface area contributed by atoms with Gasteiger partial charge in [-0.2, -0.15) is 0 Å². The Kier molecular flexibility index (Phi) is 8.56. The molecular weight excluding hydrogens is 235 g/mol. The lowest BCUT2D eigenvalue weighted by Gasteiger charge is -2.39. The Bertz CT molecular complexity index is 196. The van der Waals surface area contributed by atoms with Crippen molar-refractivity contribution in [1.82, 2.24) is 0 Å². The van der Waals surface area contributed by atoms with Crippen LogP contribution in [-0.2, 0) is 0 Å². The van der Waals surface area contributed by atoms with Crippen molar-refractivity contribution >= 4 is 7.92 Å². The van der Waals surface area contributed by atoms with Gasteiger partial charge in [-0.05, 0) is 42.7 Å². The third-order valence-corrected chi connectivity index (χ3v) is 8.85. The molecule has 108 valence electrons. The topological polar surface area (TPSA) is 0 Å². The first-order valence-electron chi connectivity index (χ1n) is 8.48. The van der Waals surface area contributed by atoms with Crippen LogP contribution in [0.25, 0.3) is 0 Å². The van der Waals surface area contributed by atoms with E-state index in [1.165, 1.54) is 51.4 Å². The van der Waals surface area contributed by atoms with Crippen LogP contribution in [0.15, 0.2) is 0 Å². The molecule has 0 aliphatic heterocycles. The zero-order valence-electron chi connectivity index (χ0n) is 13.3. The van der Waals surface area contributed by atoms with Crippen LogP contribution in [-0.4, -0.2) is 17.0 Å². The highest BCUT2D eigenvalue weighted by Gasteiger charge is 2.30. The maximum absolute atomic E-state index is 2.57. The molecule has 0 N–H and O–H groups in total. The van der Waals surface area contributed by atoms with Crippen LogP contribution in [0, 0.1) is 0 Å². The molecule has 1 saturated carbocycles. The number of hydrogen-bond acceptors (Lipinski definition) is 0. The van der Waals surface area contributed by atoms with E-state index in [-0.39, 0.29) is 7.92 Å². The van der Waals surface area contributed by atoms with Gasteiger partial charge in [-0.3, -0.25) is 0 Å². The van der Waals surface area contributed by atoms with Crippen molar-refractivity contribution in [2.75, 3.05) is 0 Å². The van der Waals surface area contributed by atoms with E-state index < -0.39 is 0 Å². The molecule has 0 radical (unpaired) electrons. The molecule has 1 aliphatic carbocycles. The van der Waals surface area contributed by atoms with Gasteiger partial charge in [-0.15, -0.1) is 0 Å². The maximum Gasteiger partial charge on any atom is -0.0204 e. The third kappa shape index (κ3) is 5.20. The fourth-order valence-corrected chi connectivity index (χ4v) is 7.76. The van der Waals surface area contributed by atoms with Gasteiger partial charge >= 0.3 is 0 Å². The van der Waals surface area contributed by atoms with Crippen LogP contribution in [0.1, 0.15) is 91.9 Å². The third-order valence-electron chi connectivity index (χ3n) is 4.83. The van der Waals surface area contributed by atoms with E-state index in [1.807, 2.05) is 0 Å². The minimum absolute atomic E-state index is 0.282. The van der Waals surface area contributed by atoms with Crippen LogP contribution in [0.3, 0.4) is 0 Å². The number of unbranched alkanes of at least 4 members (excludes halogenated alkanes) is 2. The maximum atomic E-state index is 2.57. The summed E-state index contributed by atoms with van der Waals surface area (Å²) in [5.41, 5.74) is 3.13. The number of rotatable bonds is 8. The van der Waals surface area contributed by atoms with Gasteiger partial charge in [-0.25, -0.2) is 0 Å². The molecule has 0 spiro atoms. The van der Waals surface area contributed by atoms with Crippen molar-refractivity contribution in [1.29, 1.82) is 0 Å². The summed E-state index contributed by atoms with van der Waals surface area (Å²) in [4.78, 5) is 0. The molecule has 1 fully saturated rings. The minimum Gasteiger partial charge on any atom is -0.0977 e. The van der Waals surface area contributed by atoms with Gasteiger partial charge in [0.2, 0.25) is 0 Å². The summed E-state index contributed by atoms with van der Waals surface area (Å²) in [6.07, 6.45) is 14.8. The lowest BCUT2D eigenvalue weighted by Crippen LogP contribution is -2.22. The Morgan fingerprint density at radius 1 is 0.944 bits per heavy atom. The lowest BCUT2D eigenvalue weighted by molar-refractivity contribution is 0.504. The predicted molar refractivity (Wildman–Crippen MR) is 87.2 cm³/mol. The zero-order chi connectivity index (χ0) is 13.4. The molecule has 3 unspecified atom stereocenters. The second-order valence-electron chi connectivity index (χ2n) is 6.34. The molecule has 0 bridgehead atoms. The summed E-state index contributed by atoms with van der Waals surface area (Å²) in [5, 5.41) is 0. The van der Waals surface area contributed by atoms with Gasteiger partial charge in [-0.1, -0.05) is 74.1 Å².